The van der Waals surface area contributed by atoms with Gasteiger partial charge >= 0.3 is 0 Å². The average Bonchev–Trinajstić information content (AvgIpc) is 3.54. The zero-order valence-electron chi connectivity index (χ0n) is 17.3. The van der Waals surface area contributed by atoms with E-state index in [0.29, 0.717) is 28.8 Å². The van der Waals surface area contributed by atoms with Gasteiger partial charge < -0.3 is 5.32 Å². The van der Waals surface area contributed by atoms with Gasteiger partial charge in [-0.3, -0.25) is 4.90 Å². The third-order valence-electron chi connectivity index (χ3n) is 6.57. The predicted molar refractivity (Wildman–Crippen MR) is 120 cm³/mol. The molecule has 1 aliphatic heterocycles. The third kappa shape index (κ3) is 4.70. The molecule has 31 heavy (non-hydrogen) atoms. The minimum absolute atomic E-state index is 0.231. The van der Waals surface area contributed by atoms with Crippen molar-refractivity contribution in [2.24, 2.45) is 5.41 Å². The molecule has 0 amide bonds. The van der Waals surface area contributed by atoms with Crippen LogP contribution in [0, 0.1) is 11.2 Å². The molecular formula is C24H25ClFN5. The summed E-state index contributed by atoms with van der Waals surface area (Å²) in [6, 6.07) is 10.8. The van der Waals surface area contributed by atoms with Gasteiger partial charge in [0, 0.05) is 43.3 Å². The van der Waals surface area contributed by atoms with Crippen molar-refractivity contribution in [2.45, 2.75) is 38.3 Å². The summed E-state index contributed by atoms with van der Waals surface area (Å²) in [6.45, 7) is 2.47. The Morgan fingerprint density at radius 1 is 1.10 bits per heavy atom. The number of nitrogens with one attached hydrogen (secondary N) is 1. The monoisotopic (exact) mass is 437 g/mol. The fraction of sp³-hybridized carbons (Fsp3) is 0.375. The van der Waals surface area contributed by atoms with E-state index >= 15 is 0 Å². The number of nitrogens with zero attached hydrogens (tertiary/aromatic N) is 4. The van der Waals surface area contributed by atoms with Crippen LogP contribution in [0.2, 0.25) is 5.02 Å². The van der Waals surface area contributed by atoms with Crippen LogP contribution in [0.4, 0.5) is 10.2 Å². The van der Waals surface area contributed by atoms with E-state index in [0.717, 1.165) is 36.5 Å². The van der Waals surface area contributed by atoms with Gasteiger partial charge in [-0.05, 0) is 79.6 Å². The Labute approximate surface area is 186 Å². The van der Waals surface area contributed by atoms with Crippen molar-refractivity contribution in [3.05, 3.63) is 71.4 Å². The Bertz CT molecular complexity index is 1040. The highest BCUT2D eigenvalue weighted by Gasteiger charge is 2.47. The number of piperidine rings is 1. The van der Waals surface area contributed by atoms with E-state index in [1.807, 2.05) is 12.1 Å². The number of rotatable bonds is 6. The van der Waals surface area contributed by atoms with Gasteiger partial charge in [0.15, 0.2) is 5.82 Å². The summed E-state index contributed by atoms with van der Waals surface area (Å²) >= 11 is 5.96. The smallest absolute Gasteiger partial charge is 0.159 e. The first-order valence-electron chi connectivity index (χ1n) is 10.8. The van der Waals surface area contributed by atoms with Crippen LogP contribution in [-0.4, -0.2) is 39.0 Å². The minimum atomic E-state index is -0.231. The Morgan fingerprint density at radius 2 is 1.94 bits per heavy atom. The second-order valence-electron chi connectivity index (χ2n) is 8.69. The Morgan fingerprint density at radius 3 is 2.68 bits per heavy atom. The SMILES string of the molecule is Fc1ccc(-c2ncccn2)c(CN2CCC3(CC3)CC2CNc2ccc(Cl)cn2)c1. The lowest BCUT2D eigenvalue weighted by atomic mass is 9.87. The summed E-state index contributed by atoms with van der Waals surface area (Å²) in [6.07, 6.45) is 10.1. The lowest BCUT2D eigenvalue weighted by molar-refractivity contribution is 0.102. The molecule has 1 saturated carbocycles. The Kier molecular flexibility index (Phi) is 5.59. The van der Waals surface area contributed by atoms with E-state index in [2.05, 4.69) is 25.2 Å². The van der Waals surface area contributed by atoms with Crippen LogP contribution in [0.25, 0.3) is 11.4 Å². The maximum Gasteiger partial charge on any atom is 0.159 e. The molecule has 2 aromatic heterocycles. The molecule has 3 heterocycles. The molecule has 2 aliphatic rings. The van der Waals surface area contributed by atoms with E-state index in [9.17, 15) is 4.39 Å². The molecule has 3 aromatic rings. The second-order valence-corrected chi connectivity index (χ2v) is 9.13. The van der Waals surface area contributed by atoms with Crippen LogP contribution in [0.15, 0.2) is 55.0 Å². The Balaban J connectivity index is 1.36. The van der Waals surface area contributed by atoms with Crippen LogP contribution < -0.4 is 5.32 Å². The number of benzene rings is 1. The summed E-state index contributed by atoms with van der Waals surface area (Å²) in [5.74, 6) is 1.22. The number of likely N-dealkylation sites (tertiary alicyclic amines) is 1. The summed E-state index contributed by atoms with van der Waals surface area (Å²) in [7, 11) is 0. The highest BCUT2D eigenvalue weighted by molar-refractivity contribution is 6.30. The fourth-order valence-electron chi connectivity index (χ4n) is 4.61. The Hall–Kier alpha value is -2.57. The number of hydrogen-bond acceptors (Lipinski definition) is 5. The summed E-state index contributed by atoms with van der Waals surface area (Å²) in [5.41, 5.74) is 2.32. The van der Waals surface area contributed by atoms with Gasteiger partial charge in [-0.25, -0.2) is 19.3 Å². The minimum Gasteiger partial charge on any atom is -0.369 e. The highest BCUT2D eigenvalue weighted by Crippen LogP contribution is 2.55. The molecule has 5 nitrogen and oxygen atoms in total. The maximum absolute atomic E-state index is 14.2. The quantitative estimate of drug-likeness (QED) is 0.575. The van der Waals surface area contributed by atoms with Crippen LogP contribution >= 0.6 is 11.6 Å². The summed E-state index contributed by atoms with van der Waals surface area (Å²) in [5, 5.41) is 4.10. The lowest BCUT2D eigenvalue weighted by Gasteiger charge is -2.40. The zero-order chi connectivity index (χ0) is 21.3. The van der Waals surface area contributed by atoms with Crippen molar-refractivity contribution in [1.29, 1.82) is 0 Å². The van der Waals surface area contributed by atoms with E-state index in [-0.39, 0.29) is 5.82 Å². The molecule has 2 fully saturated rings. The standard InChI is InChI=1S/C24H25ClFN5/c25-18-2-5-22(29-14-18)30-15-20-13-24(6-7-24)8-11-31(20)16-17-12-19(26)3-4-21(17)23-27-9-1-10-28-23/h1-5,9-10,12,14,20H,6-8,11,13,15-16H2,(H,29,30). The van der Waals surface area contributed by atoms with Crippen molar-refractivity contribution in [2.75, 3.05) is 18.4 Å². The average molecular weight is 438 g/mol. The molecule has 1 aliphatic carbocycles. The molecule has 160 valence electrons. The van der Waals surface area contributed by atoms with Crippen LogP contribution in [0.5, 0.6) is 0 Å². The van der Waals surface area contributed by atoms with Crippen LogP contribution in [0.3, 0.4) is 0 Å². The van der Waals surface area contributed by atoms with E-state index < -0.39 is 0 Å². The molecule has 0 radical (unpaired) electrons. The largest absolute Gasteiger partial charge is 0.369 e. The van der Waals surface area contributed by atoms with E-state index in [1.54, 1.807) is 36.8 Å². The predicted octanol–water partition coefficient (Wildman–Crippen LogP) is 5.19. The van der Waals surface area contributed by atoms with E-state index in [1.165, 1.54) is 25.3 Å². The van der Waals surface area contributed by atoms with Gasteiger partial charge in [-0.1, -0.05) is 11.6 Å². The van der Waals surface area contributed by atoms with Crippen molar-refractivity contribution >= 4 is 17.4 Å². The topological polar surface area (TPSA) is 53.9 Å². The molecule has 5 rings (SSSR count). The van der Waals surface area contributed by atoms with Crippen LogP contribution in [-0.2, 0) is 6.54 Å². The van der Waals surface area contributed by atoms with Crippen molar-refractivity contribution < 1.29 is 4.39 Å². The number of halogens is 2. The van der Waals surface area contributed by atoms with Crippen molar-refractivity contribution in [1.82, 2.24) is 19.9 Å². The second kappa shape index (κ2) is 8.52. The molecule has 1 aromatic carbocycles. The van der Waals surface area contributed by atoms with E-state index in [4.69, 9.17) is 11.6 Å². The van der Waals surface area contributed by atoms with Gasteiger partial charge in [0.2, 0.25) is 0 Å². The normalized spacial score (nSPS) is 20.0. The number of aromatic nitrogens is 3. The first kappa shape index (κ1) is 20.3. The first-order valence-corrected chi connectivity index (χ1v) is 11.1. The zero-order valence-corrected chi connectivity index (χ0v) is 18.0. The molecule has 1 saturated heterocycles. The van der Waals surface area contributed by atoms with Gasteiger partial charge in [-0.15, -0.1) is 0 Å². The van der Waals surface area contributed by atoms with Gasteiger partial charge in [-0.2, -0.15) is 0 Å². The number of anilines is 1. The lowest BCUT2D eigenvalue weighted by Crippen LogP contribution is -2.46. The third-order valence-corrected chi connectivity index (χ3v) is 6.79. The van der Waals surface area contributed by atoms with Gasteiger partial charge in [0.25, 0.3) is 0 Å². The molecule has 7 heteroatoms. The van der Waals surface area contributed by atoms with Crippen molar-refractivity contribution in [3.8, 4) is 11.4 Å². The highest BCUT2D eigenvalue weighted by atomic mass is 35.5. The molecule has 1 atom stereocenters. The summed E-state index contributed by atoms with van der Waals surface area (Å²) < 4.78 is 14.2. The maximum atomic E-state index is 14.2. The van der Waals surface area contributed by atoms with Crippen LogP contribution in [0.1, 0.15) is 31.2 Å². The molecule has 0 bridgehead atoms. The first-order chi connectivity index (χ1) is 15.1. The fourth-order valence-corrected chi connectivity index (χ4v) is 4.72. The summed E-state index contributed by atoms with van der Waals surface area (Å²) in [4.78, 5) is 15.6. The molecular weight excluding hydrogens is 413 g/mol. The molecule has 1 spiro atoms. The van der Waals surface area contributed by atoms with Gasteiger partial charge in [0.05, 0.1) is 5.02 Å². The number of pyridine rings is 1. The molecule has 1 N–H and O–H groups in total. The van der Waals surface area contributed by atoms with Crippen molar-refractivity contribution in [3.63, 3.8) is 0 Å². The molecule has 1 unspecified atom stereocenters. The number of hydrogen-bond donors (Lipinski definition) is 1. The van der Waals surface area contributed by atoms with Gasteiger partial charge in [0.1, 0.15) is 11.6 Å².